The van der Waals surface area contributed by atoms with Crippen molar-refractivity contribution in [1.29, 1.82) is 0 Å². The van der Waals surface area contributed by atoms with Crippen LogP contribution in [0.2, 0.25) is 0 Å². The smallest absolute Gasteiger partial charge is 0.159 e. The van der Waals surface area contributed by atoms with Crippen LogP contribution < -0.4 is 10.1 Å². The quantitative estimate of drug-likeness (QED) is 0.659. The maximum absolute atomic E-state index is 5.31. The molecule has 1 aromatic heterocycles. The summed E-state index contributed by atoms with van der Waals surface area (Å²) < 4.78 is 5.31. The fourth-order valence-corrected chi connectivity index (χ4v) is 4.14. The lowest BCUT2D eigenvalue weighted by Gasteiger charge is -2.31. The average molecular weight is 374 g/mol. The number of benzene rings is 2. The standard InChI is InChI=1S/C24H27N3O/c1-18-7-3-4-8-22(18)23-25-15-19(16-26-23)17-27-24(13-5-6-14-24)20-9-11-21(28-2)12-10-20/h3-4,7-12,15-16,27H,5-6,13-14,17H2,1-2H3. The van der Waals surface area contributed by atoms with Crippen LogP contribution in [0, 0.1) is 6.92 Å². The first-order chi connectivity index (χ1) is 13.7. The highest BCUT2D eigenvalue weighted by atomic mass is 16.5. The number of aromatic nitrogens is 2. The van der Waals surface area contributed by atoms with Crippen molar-refractivity contribution >= 4 is 0 Å². The summed E-state index contributed by atoms with van der Waals surface area (Å²) in [7, 11) is 1.71. The number of aryl methyl sites for hydroxylation is 1. The average Bonchev–Trinajstić information content (AvgIpc) is 3.23. The Hall–Kier alpha value is -2.72. The molecule has 0 unspecified atom stereocenters. The zero-order valence-corrected chi connectivity index (χ0v) is 16.6. The molecule has 1 aliphatic carbocycles. The second kappa shape index (κ2) is 8.11. The molecule has 2 aromatic carbocycles. The van der Waals surface area contributed by atoms with E-state index in [0.29, 0.717) is 0 Å². The summed E-state index contributed by atoms with van der Waals surface area (Å²) >= 11 is 0. The fourth-order valence-electron chi connectivity index (χ4n) is 4.14. The fraction of sp³-hybridized carbons (Fsp3) is 0.333. The minimum Gasteiger partial charge on any atom is -0.497 e. The van der Waals surface area contributed by atoms with Gasteiger partial charge in [0, 0.05) is 35.6 Å². The Balaban J connectivity index is 1.49. The van der Waals surface area contributed by atoms with Crippen LogP contribution in [-0.2, 0) is 12.1 Å². The molecule has 0 radical (unpaired) electrons. The van der Waals surface area contributed by atoms with E-state index >= 15 is 0 Å². The van der Waals surface area contributed by atoms with Gasteiger partial charge in [0.2, 0.25) is 0 Å². The molecule has 1 aliphatic rings. The highest BCUT2D eigenvalue weighted by Crippen LogP contribution is 2.39. The SMILES string of the molecule is COc1ccc(C2(NCc3cnc(-c4ccccc4C)nc3)CCCC2)cc1. The van der Waals surface area contributed by atoms with E-state index in [4.69, 9.17) is 4.74 Å². The number of ether oxygens (including phenoxy) is 1. The number of nitrogens with one attached hydrogen (secondary N) is 1. The molecule has 28 heavy (non-hydrogen) atoms. The predicted octanol–water partition coefficient (Wildman–Crippen LogP) is 5.02. The molecule has 0 bridgehead atoms. The van der Waals surface area contributed by atoms with Crippen LogP contribution in [-0.4, -0.2) is 17.1 Å². The summed E-state index contributed by atoms with van der Waals surface area (Å²) in [6.07, 6.45) is 8.70. The number of methoxy groups -OCH3 is 1. The van der Waals surface area contributed by atoms with Gasteiger partial charge in [0.25, 0.3) is 0 Å². The van der Waals surface area contributed by atoms with Gasteiger partial charge >= 0.3 is 0 Å². The van der Waals surface area contributed by atoms with Gasteiger partial charge < -0.3 is 10.1 Å². The van der Waals surface area contributed by atoms with Crippen LogP contribution in [0.4, 0.5) is 0 Å². The normalized spacial score (nSPS) is 15.5. The topological polar surface area (TPSA) is 47.0 Å². The molecular weight excluding hydrogens is 346 g/mol. The van der Waals surface area contributed by atoms with E-state index in [1.807, 2.05) is 24.5 Å². The van der Waals surface area contributed by atoms with Gasteiger partial charge in [-0.3, -0.25) is 0 Å². The molecule has 144 valence electrons. The first-order valence-electron chi connectivity index (χ1n) is 9.97. The van der Waals surface area contributed by atoms with Crippen LogP contribution in [0.1, 0.15) is 42.4 Å². The van der Waals surface area contributed by atoms with E-state index in [2.05, 4.69) is 58.6 Å². The maximum Gasteiger partial charge on any atom is 0.159 e. The zero-order chi connectivity index (χ0) is 19.4. The number of hydrogen-bond donors (Lipinski definition) is 1. The number of rotatable bonds is 6. The molecule has 4 nitrogen and oxygen atoms in total. The third-order valence-corrected chi connectivity index (χ3v) is 5.82. The summed E-state index contributed by atoms with van der Waals surface area (Å²) in [5.41, 5.74) is 4.76. The minimum atomic E-state index is 0.0287. The summed E-state index contributed by atoms with van der Waals surface area (Å²) in [6, 6.07) is 16.7. The molecule has 1 N–H and O–H groups in total. The van der Waals surface area contributed by atoms with Gasteiger partial charge in [-0.15, -0.1) is 0 Å². The molecule has 4 heteroatoms. The lowest BCUT2D eigenvalue weighted by Crippen LogP contribution is -2.39. The Morgan fingerprint density at radius 3 is 2.29 bits per heavy atom. The summed E-state index contributed by atoms with van der Waals surface area (Å²) in [6.45, 7) is 2.85. The molecular formula is C24H27N3O. The van der Waals surface area contributed by atoms with Crippen molar-refractivity contribution in [3.8, 4) is 17.1 Å². The van der Waals surface area contributed by atoms with E-state index < -0.39 is 0 Å². The Morgan fingerprint density at radius 1 is 0.964 bits per heavy atom. The van der Waals surface area contributed by atoms with Gasteiger partial charge in [0.1, 0.15) is 5.75 Å². The number of hydrogen-bond acceptors (Lipinski definition) is 4. The second-order valence-corrected chi connectivity index (χ2v) is 7.60. The van der Waals surface area contributed by atoms with Crippen LogP contribution in [0.5, 0.6) is 5.75 Å². The third-order valence-electron chi connectivity index (χ3n) is 5.82. The maximum atomic E-state index is 5.31. The van der Waals surface area contributed by atoms with Gasteiger partial charge in [-0.2, -0.15) is 0 Å². The Kier molecular flexibility index (Phi) is 5.40. The van der Waals surface area contributed by atoms with Crippen LogP contribution >= 0.6 is 0 Å². The van der Waals surface area contributed by atoms with Crippen molar-refractivity contribution in [2.24, 2.45) is 0 Å². The van der Waals surface area contributed by atoms with E-state index in [1.54, 1.807) is 7.11 Å². The van der Waals surface area contributed by atoms with Crippen molar-refractivity contribution in [2.75, 3.05) is 7.11 Å². The first-order valence-corrected chi connectivity index (χ1v) is 9.97. The van der Waals surface area contributed by atoms with Crippen molar-refractivity contribution < 1.29 is 4.74 Å². The molecule has 0 saturated heterocycles. The molecule has 1 fully saturated rings. The highest BCUT2D eigenvalue weighted by molar-refractivity contribution is 5.59. The van der Waals surface area contributed by atoms with Crippen molar-refractivity contribution in [3.63, 3.8) is 0 Å². The zero-order valence-electron chi connectivity index (χ0n) is 16.6. The van der Waals surface area contributed by atoms with E-state index in [1.165, 1.54) is 24.0 Å². The minimum absolute atomic E-state index is 0.0287. The van der Waals surface area contributed by atoms with Crippen molar-refractivity contribution in [1.82, 2.24) is 15.3 Å². The monoisotopic (exact) mass is 373 g/mol. The van der Waals surface area contributed by atoms with Crippen LogP contribution in [0.25, 0.3) is 11.4 Å². The molecule has 0 spiro atoms. The van der Waals surface area contributed by atoms with Gasteiger partial charge in [-0.25, -0.2) is 9.97 Å². The van der Waals surface area contributed by atoms with Crippen molar-refractivity contribution in [2.45, 2.75) is 44.7 Å². The second-order valence-electron chi connectivity index (χ2n) is 7.60. The first kappa shape index (κ1) is 18.6. The largest absolute Gasteiger partial charge is 0.497 e. The molecule has 0 aliphatic heterocycles. The van der Waals surface area contributed by atoms with E-state index in [0.717, 1.165) is 42.1 Å². The van der Waals surface area contributed by atoms with Crippen LogP contribution in [0.3, 0.4) is 0 Å². The summed E-state index contributed by atoms with van der Waals surface area (Å²) in [5.74, 6) is 1.68. The van der Waals surface area contributed by atoms with Crippen LogP contribution in [0.15, 0.2) is 60.9 Å². The Labute approximate surface area is 167 Å². The van der Waals surface area contributed by atoms with Gasteiger partial charge in [0.05, 0.1) is 7.11 Å². The van der Waals surface area contributed by atoms with E-state index in [9.17, 15) is 0 Å². The molecule has 4 rings (SSSR count). The van der Waals surface area contributed by atoms with Gasteiger partial charge in [0.15, 0.2) is 5.82 Å². The molecule has 1 heterocycles. The number of nitrogens with zero attached hydrogens (tertiary/aromatic N) is 2. The predicted molar refractivity (Wildman–Crippen MR) is 112 cm³/mol. The molecule has 1 saturated carbocycles. The Bertz CT molecular complexity index is 913. The summed E-state index contributed by atoms with van der Waals surface area (Å²) in [4.78, 5) is 9.21. The lowest BCUT2D eigenvalue weighted by atomic mass is 9.88. The van der Waals surface area contributed by atoms with Gasteiger partial charge in [-0.1, -0.05) is 49.2 Å². The third kappa shape index (κ3) is 3.78. The molecule has 0 atom stereocenters. The van der Waals surface area contributed by atoms with Gasteiger partial charge in [-0.05, 0) is 43.0 Å². The molecule has 0 amide bonds. The van der Waals surface area contributed by atoms with Crippen molar-refractivity contribution in [3.05, 3.63) is 77.6 Å². The lowest BCUT2D eigenvalue weighted by molar-refractivity contribution is 0.337. The molecule has 3 aromatic rings. The summed E-state index contributed by atoms with van der Waals surface area (Å²) in [5, 5.41) is 3.81. The highest BCUT2D eigenvalue weighted by Gasteiger charge is 2.35. The Morgan fingerprint density at radius 2 is 1.64 bits per heavy atom. The van der Waals surface area contributed by atoms with E-state index in [-0.39, 0.29) is 5.54 Å².